The van der Waals surface area contributed by atoms with Gasteiger partial charge in [0.1, 0.15) is 6.61 Å². The number of carbonyl (C=O) groups is 3. The van der Waals surface area contributed by atoms with Crippen molar-refractivity contribution in [2.75, 3.05) is 13.2 Å². The molecule has 0 saturated heterocycles. The quantitative estimate of drug-likeness (QED) is 0.486. The van der Waals surface area contributed by atoms with Crippen LogP contribution in [0.15, 0.2) is 48.5 Å². The van der Waals surface area contributed by atoms with Gasteiger partial charge in [0.2, 0.25) is 5.91 Å². The molecule has 0 aromatic heterocycles. The van der Waals surface area contributed by atoms with Gasteiger partial charge in [0, 0.05) is 18.9 Å². The zero-order valence-corrected chi connectivity index (χ0v) is 19.7. The Morgan fingerprint density at radius 2 is 1.65 bits per heavy atom. The fraction of sp³-hybridized carbons (Fsp3) is 0.444. The Morgan fingerprint density at radius 1 is 1.06 bits per heavy atom. The number of rotatable bonds is 10. The zero-order chi connectivity index (χ0) is 24.3. The van der Waals surface area contributed by atoms with Crippen molar-refractivity contribution < 1.29 is 24.2 Å². The molecule has 7 nitrogen and oxygen atoms in total. The van der Waals surface area contributed by atoms with Crippen LogP contribution < -0.4 is 10.6 Å². The smallest absolute Gasteiger partial charge is 0.407 e. The fourth-order valence-electron chi connectivity index (χ4n) is 4.92. The van der Waals surface area contributed by atoms with E-state index in [1.165, 1.54) is 11.1 Å². The van der Waals surface area contributed by atoms with Gasteiger partial charge in [0.05, 0.1) is 11.5 Å². The maximum Gasteiger partial charge on any atom is 0.407 e. The lowest BCUT2D eigenvalue weighted by Crippen LogP contribution is -2.51. The highest BCUT2D eigenvalue weighted by molar-refractivity contribution is 5.80. The molecular weight excluding hydrogens is 432 g/mol. The number of fused-ring (bicyclic) bond motifs is 3. The van der Waals surface area contributed by atoms with Gasteiger partial charge in [-0.2, -0.15) is 0 Å². The monoisotopic (exact) mass is 464 g/mol. The third-order valence-electron chi connectivity index (χ3n) is 7.13. The maximum atomic E-state index is 12.8. The van der Waals surface area contributed by atoms with Crippen molar-refractivity contribution in [2.24, 2.45) is 11.8 Å². The van der Waals surface area contributed by atoms with Gasteiger partial charge in [-0.05, 0) is 54.4 Å². The van der Waals surface area contributed by atoms with Gasteiger partial charge in [-0.15, -0.1) is 0 Å². The van der Waals surface area contributed by atoms with Crippen molar-refractivity contribution in [3.8, 4) is 11.1 Å². The van der Waals surface area contributed by atoms with Crippen LogP contribution in [0.1, 0.15) is 56.6 Å². The summed E-state index contributed by atoms with van der Waals surface area (Å²) in [5.41, 5.74) is 3.88. The van der Waals surface area contributed by atoms with Crippen LogP contribution in [-0.4, -0.2) is 41.8 Å². The first-order valence-electron chi connectivity index (χ1n) is 11.9. The molecule has 4 rings (SSSR count). The summed E-state index contributed by atoms with van der Waals surface area (Å²) >= 11 is 0. The molecule has 2 aliphatic carbocycles. The molecule has 180 valence electrons. The first-order chi connectivity index (χ1) is 16.3. The summed E-state index contributed by atoms with van der Waals surface area (Å²) in [5.74, 6) is -1.65. The topological polar surface area (TPSA) is 105 Å². The lowest BCUT2D eigenvalue weighted by atomic mass is 9.91. The fourth-order valence-corrected chi connectivity index (χ4v) is 4.92. The summed E-state index contributed by atoms with van der Waals surface area (Å²) in [4.78, 5) is 36.6. The molecule has 34 heavy (non-hydrogen) atoms. The van der Waals surface area contributed by atoms with Crippen LogP contribution in [0.5, 0.6) is 0 Å². The normalized spacial score (nSPS) is 17.1. The molecule has 2 aromatic rings. The number of carboxylic acid groups (broad SMARTS) is 1. The molecule has 2 amide bonds. The molecule has 0 radical (unpaired) electrons. The summed E-state index contributed by atoms with van der Waals surface area (Å²) in [5, 5.41) is 14.8. The third kappa shape index (κ3) is 5.08. The number of benzene rings is 2. The van der Waals surface area contributed by atoms with Crippen molar-refractivity contribution in [2.45, 2.75) is 51.0 Å². The summed E-state index contributed by atoms with van der Waals surface area (Å²) in [7, 11) is 0. The molecule has 0 aliphatic heterocycles. The van der Waals surface area contributed by atoms with E-state index < -0.39 is 23.5 Å². The molecule has 0 spiro atoms. The Bertz CT molecular complexity index is 1030. The Kier molecular flexibility index (Phi) is 6.91. The predicted octanol–water partition coefficient (Wildman–Crippen LogP) is 4.31. The number of carboxylic acids is 1. The summed E-state index contributed by atoms with van der Waals surface area (Å²) in [6.45, 7) is 3.93. The highest BCUT2D eigenvalue weighted by Crippen LogP contribution is 2.45. The minimum atomic E-state index is -0.926. The lowest BCUT2D eigenvalue weighted by molar-refractivity contribution is -0.141. The summed E-state index contributed by atoms with van der Waals surface area (Å²) in [6.07, 6.45) is 1.84. The molecular formula is C27H32N2O5. The van der Waals surface area contributed by atoms with E-state index in [1.807, 2.05) is 31.2 Å². The number of aliphatic carboxylic acids is 1. The van der Waals surface area contributed by atoms with Crippen LogP contribution in [0.25, 0.3) is 11.1 Å². The standard InChI is InChI=1S/C27H32N2O5/c1-3-17(25(31)32)15-28-24(30)14-27(2,18-12-13-18)29-26(33)34-16-23-21-10-6-4-8-19(21)20-9-5-7-11-22(20)23/h4-11,17-18,23H,3,12-16H2,1-2H3,(H,28,30)(H,29,33)(H,31,32). The summed E-state index contributed by atoms with van der Waals surface area (Å²) in [6, 6.07) is 16.3. The zero-order valence-electron chi connectivity index (χ0n) is 19.7. The van der Waals surface area contributed by atoms with E-state index in [4.69, 9.17) is 4.74 Å². The second-order valence-corrected chi connectivity index (χ2v) is 9.57. The van der Waals surface area contributed by atoms with Crippen LogP contribution in [0.4, 0.5) is 4.79 Å². The second kappa shape index (κ2) is 9.87. The molecule has 0 heterocycles. The predicted molar refractivity (Wildman–Crippen MR) is 128 cm³/mol. The number of ether oxygens (including phenoxy) is 1. The summed E-state index contributed by atoms with van der Waals surface area (Å²) < 4.78 is 5.68. The van der Waals surface area contributed by atoms with Crippen molar-refractivity contribution in [1.82, 2.24) is 10.6 Å². The molecule has 2 aliphatic rings. The van der Waals surface area contributed by atoms with Gasteiger partial charge in [0.15, 0.2) is 0 Å². The van der Waals surface area contributed by atoms with E-state index in [1.54, 1.807) is 6.92 Å². The minimum Gasteiger partial charge on any atom is -0.481 e. The first-order valence-corrected chi connectivity index (χ1v) is 11.9. The molecule has 2 unspecified atom stereocenters. The van der Waals surface area contributed by atoms with E-state index in [0.717, 1.165) is 24.0 Å². The van der Waals surface area contributed by atoms with Crippen molar-refractivity contribution in [3.63, 3.8) is 0 Å². The van der Waals surface area contributed by atoms with E-state index >= 15 is 0 Å². The largest absolute Gasteiger partial charge is 0.481 e. The Hall–Kier alpha value is -3.35. The number of amides is 2. The average molecular weight is 465 g/mol. The van der Waals surface area contributed by atoms with Gasteiger partial charge in [-0.25, -0.2) is 4.79 Å². The number of hydrogen-bond acceptors (Lipinski definition) is 4. The minimum absolute atomic E-state index is 0.0318. The third-order valence-corrected chi connectivity index (χ3v) is 7.13. The van der Waals surface area contributed by atoms with Crippen LogP contribution >= 0.6 is 0 Å². The van der Waals surface area contributed by atoms with Gasteiger partial charge in [-0.1, -0.05) is 55.5 Å². The molecule has 2 aromatic carbocycles. The van der Waals surface area contributed by atoms with E-state index in [2.05, 4.69) is 34.9 Å². The lowest BCUT2D eigenvalue weighted by Gasteiger charge is -2.30. The number of nitrogens with one attached hydrogen (secondary N) is 2. The molecule has 1 fully saturated rings. The van der Waals surface area contributed by atoms with E-state index in [-0.39, 0.29) is 37.3 Å². The Morgan fingerprint density at radius 3 is 2.18 bits per heavy atom. The molecule has 3 N–H and O–H groups in total. The number of alkyl carbamates (subject to hydrolysis) is 1. The second-order valence-electron chi connectivity index (χ2n) is 9.57. The molecule has 7 heteroatoms. The van der Waals surface area contributed by atoms with Crippen molar-refractivity contribution >= 4 is 18.0 Å². The number of hydrogen-bond donors (Lipinski definition) is 3. The van der Waals surface area contributed by atoms with Gasteiger partial charge in [0.25, 0.3) is 0 Å². The van der Waals surface area contributed by atoms with E-state index in [9.17, 15) is 19.5 Å². The molecule has 1 saturated carbocycles. The Balaban J connectivity index is 1.37. The van der Waals surface area contributed by atoms with E-state index in [0.29, 0.717) is 6.42 Å². The average Bonchev–Trinajstić information content (AvgIpc) is 3.62. The van der Waals surface area contributed by atoms with Crippen LogP contribution in [0.3, 0.4) is 0 Å². The highest BCUT2D eigenvalue weighted by Gasteiger charge is 2.44. The van der Waals surface area contributed by atoms with Crippen molar-refractivity contribution in [1.29, 1.82) is 0 Å². The van der Waals surface area contributed by atoms with Crippen molar-refractivity contribution in [3.05, 3.63) is 59.7 Å². The SMILES string of the molecule is CCC(CNC(=O)CC(C)(NC(=O)OCC1c2ccccc2-c2ccccc21)C1CC1)C(=O)O. The highest BCUT2D eigenvalue weighted by atomic mass is 16.5. The van der Waals surface area contributed by atoms with Gasteiger partial charge in [-0.3, -0.25) is 9.59 Å². The van der Waals surface area contributed by atoms with Crippen LogP contribution in [-0.2, 0) is 14.3 Å². The number of carbonyl (C=O) groups excluding carboxylic acids is 2. The Labute approximate surface area is 199 Å². The van der Waals surface area contributed by atoms with Gasteiger partial charge < -0.3 is 20.5 Å². The molecule has 0 bridgehead atoms. The molecule has 2 atom stereocenters. The van der Waals surface area contributed by atoms with Gasteiger partial charge >= 0.3 is 12.1 Å². The maximum absolute atomic E-state index is 12.8. The first kappa shape index (κ1) is 23.8. The van der Waals surface area contributed by atoms with Crippen LogP contribution in [0, 0.1) is 11.8 Å². The van der Waals surface area contributed by atoms with Crippen LogP contribution in [0.2, 0.25) is 0 Å².